The zero-order chi connectivity index (χ0) is 17.7. The Hall–Kier alpha value is -2.58. The number of nitriles is 1. The van der Waals surface area contributed by atoms with Gasteiger partial charge in [-0.05, 0) is 32.4 Å². The molecule has 0 atom stereocenters. The predicted octanol–water partition coefficient (Wildman–Crippen LogP) is 3.32. The van der Waals surface area contributed by atoms with Crippen molar-refractivity contribution in [2.75, 3.05) is 0 Å². The van der Waals surface area contributed by atoms with Gasteiger partial charge in [-0.2, -0.15) is 10.4 Å². The molecule has 1 heterocycles. The third-order valence-corrected chi connectivity index (χ3v) is 3.76. The van der Waals surface area contributed by atoms with Gasteiger partial charge in [0, 0.05) is 11.6 Å². The first-order valence-corrected chi connectivity index (χ1v) is 7.99. The normalized spacial score (nSPS) is 11.4. The summed E-state index contributed by atoms with van der Waals surface area (Å²) in [7, 11) is 0. The van der Waals surface area contributed by atoms with E-state index in [0.29, 0.717) is 23.0 Å². The molecule has 0 saturated heterocycles. The maximum atomic E-state index is 12.0. The molecule has 1 amide bonds. The fourth-order valence-electron chi connectivity index (χ4n) is 2.23. The lowest BCUT2D eigenvalue weighted by atomic mass is 10.1. The van der Waals surface area contributed by atoms with Crippen molar-refractivity contribution in [2.24, 2.45) is 0 Å². The number of carbonyl (C=O) groups is 1. The Morgan fingerprint density at radius 3 is 2.67 bits per heavy atom. The minimum absolute atomic E-state index is 0.00737. The Kier molecular flexibility index (Phi) is 5.78. The molecule has 24 heavy (non-hydrogen) atoms. The van der Waals surface area contributed by atoms with Gasteiger partial charge in [0.15, 0.2) is 0 Å². The van der Waals surface area contributed by atoms with Crippen molar-refractivity contribution in [1.82, 2.24) is 15.1 Å². The highest BCUT2D eigenvalue weighted by atomic mass is 35.5. The van der Waals surface area contributed by atoms with Crippen LogP contribution in [0.1, 0.15) is 30.7 Å². The highest BCUT2D eigenvalue weighted by Crippen LogP contribution is 2.23. The molecule has 5 nitrogen and oxygen atoms in total. The zero-order valence-corrected chi connectivity index (χ0v) is 14.6. The van der Waals surface area contributed by atoms with Crippen molar-refractivity contribution < 1.29 is 4.79 Å². The third-order valence-electron chi connectivity index (χ3n) is 3.36. The summed E-state index contributed by atoms with van der Waals surface area (Å²) in [5.41, 5.74) is 2.33. The lowest BCUT2D eigenvalue weighted by Gasteiger charge is -2.07. The lowest BCUT2D eigenvalue weighted by Crippen LogP contribution is -2.30. The van der Waals surface area contributed by atoms with Crippen molar-refractivity contribution in [3.8, 4) is 6.07 Å². The summed E-state index contributed by atoms with van der Waals surface area (Å²) in [4.78, 5) is 12.0. The minimum atomic E-state index is -0.418. The Morgan fingerprint density at radius 2 is 2.08 bits per heavy atom. The molecule has 0 aliphatic rings. The van der Waals surface area contributed by atoms with Crippen LogP contribution in [-0.4, -0.2) is 21.7 Å². The SMILES string of the molecule is Cc1nn(Cc2ccccc2)c(Cl)c1/C=C(\C#N)C(=O)NC(C)C. The molecule has 0 saturated carbocycles. The number of nitrogens with zero attached hydrogens (tertiary/aromatic N) is 3. The van der Waals surface area contributed by atoms with Gasteiger partial charge in [-0.3, -0.25) is 4.79 Å². The molecule has 0 spiro atoms. The van der Waals surface area contributed by atoms with E-state index in [1.165, 1.54) is 6.08 Å². The second-order valence-corrected chi connectivity index (χ2v) is 6.09. The van der Waals surface area contributed by atoms with Crippen molar-refractivity contribution >= 4 is 23.6 Å². The summed E-state index contributed by atoms with van der Waals surface area (Å²) in [6, 6.07) is 11.7. The maximum Gasteiger partial charge on any atom is 0.262 e. The van der Waals surface area contributed by atoms with Crippen LogP contribution in [0, 0.1) is 18.3 Å². The molecule has 1 aromatic heterocycles. The third kappa shape index (κ3) is 4.24. The molecule has 2 aromatic rings. The Bertz CT molecular complexity index is 800. The van der Waals surface area contributed by atoms with Crippen LogP contribution >= 0.6 is 11.6 Å². The number of rotatable bonds is 5. The minimum Gasteiger partial charge on any atom is -0.349 e. The van der Waals surface area contributed by atoms with Crippen LogP contribution in [0.4, 0.5) is 0 Å². The molecule has 0 bridgehead atoms. The number of aromatic nitrogens is 2. The standard InChI is InChI=1S/C18H19ClN4O/c1-12(2)21-18(24)15(10-20)9-16-13(3)22-23(17(16)19)11-14-7-5-4-6-8-14/h4-9,12H,11H2,1-3H3,(H,21,24)/b15-9+. The monoisotopic (exact) mass is 342 g/mol. The summed E-state index contributed by atoms with van der Waals surface area (Å²) >= 11 is 6.41. The second kappa shape index (κ2) is 7.80. The van der Waals surface area contributed by atoms with E-state index in [0.717, 1.165) is 5.56 Å². The maximum absolute atomic E-state index is 12.0. The van der Waals surface area contributed by atoms with E-state index in [-0.39, 0.29) is 11.6 Å². The number of hydrogen-bond acceptors (Lipinski definition) is 3. The van der Waals surface area contributed by atoms with Crippen molar-refractivity contribution in [3.05, 3.63) is 57.9 Å². The number of carbonyl (C=O) groups excluding carboxylic acids is 1. The van der Waals surface area contributed by atoms with Gasteiger partial charge in [0.2, 0.25) is 0 Å². The molecule has 0 fully saturated rings. The van der Waals surface area contributed by atoms with E-state index in [4.69, 9.17) is 11.6 Å². The predicted molar refractivity (Wildman–Crippen MR) is 94.4 cm³/mol. The van der Waals surface area contributed by atoms with Crippen molar-refractivity contribution in [3.63, 3.8) is 0 Å². The molecule has 0 aliphatic carbocycles. The topological polar surface area (TPSA) is 70.7 Å². The summed E-state index contributed by atoms with van der Waals surface area (Å²) in [6.45, 7) is 6.00. The lowest BCUT2D eigenvalue weighted by molar-refractivity contribution is -0.117. The van der Waals surface area contributed by atoms with E-state index in [2.05, 4.69) is 10.4 Å². The van der Waals surface area contributed by atoms with Gasteiger partial charge in [0.1, 0.15) is 16.8 Å². The number of hydrogen-bond donors (Lipinski definition) is 1. The van der Waals surface area contributed by atoms with E-state index in [1.807, 2.05) is 50.2 Å². The molecule has 2 rings (SSSR count). The fraction of sp³-hybridized carbons (Fsp3) is 0.278. The molecular weight excluding hydrogens is 324 g/mol. The van der Waals surface area contributed by atoms with Gasteiger partial charge in [0.05, 0.1) is 12.2 Å². The molecule has 124 valence electrons. The van der Waals surface area contributed by atoms with Gasteiger partial charge in [-0.25, -0.2) is 4.68 Å². The summed E-state index contributed by atoms with van der Waals surface area (Å²) in [5, 5.41) is 16.8. The smallest absolute Gasteiger partial charge is 0.262 e. The molecule has 0 aliphatic heterocycles. The molecule has 0 radical (unpaired) electrons. The highest BCUT2D eigenvalue weighted by molar-refractivity contribution is 6.31. The van der Waals surface area contributed by atoms with E-state index >= 15 is 0 Å². The van der Waals surface area contributed by atoms with Gasteiger partial charge in [-0.1, -0.05) is 41.9 Å². The van der Waals surface area contributed by atoms with E-state index in [9.17, 15) is 10.1 Å². The van der Waals surface area contributed by atoms with Gasteiger partial charge < -0.3 is 5.32 Å². The van der Waals surface area contributed by atoms with Gasteiger partial charge in [-0.15, -0.1) is 0 Å². The first-order valence-electron chi connectivity index (χ1n) is 7.62. The van der Waals surface area contributed by atoms with Crippen LogP contribution in [0.25, 0.3) is 6.08 Å². The van der Waals surface area contributed by atoms with Crippen LogP contribution < -0.4 is 5.32 Å². The molecule has 1 N–H and O–H groups in total. The first-order chi connectivity index (χ1) is 11.4. The first kappa shape index (κ1) is 17.8. The van der Waals surface area contributed by atoms with Gasteiger partial charge in [0.25, 0.3) is 5.91 Å². The van der Waals surface area contributed by atoms with Gasteiger partial charge >= 0.3 is 0 Å². The molecule has 1 aromatic carbocycles. The summed E-state index contributed by atoms with van der Waals surface area (Å²) in [6.07, 6.45) is 1.49. The quantitative estimate of drug-likeness (QED) is 0.669. The highest BCUT2D eigenvalue weighted by Gasteiger charge is 2.16. The average molecular weight is 343 g/mol. The van der Waals surface area contributed by atoms with Crippen molar-refractivity contribution in [2.45, 2.75) is 33.4 Å². The van der Waals surface area contributed by atoms with Crippen LogP contribution in [0.3, 0.4) is 0 Å². The number of amides is 1. The zero-order valence-electron chi connectivity index (χ0n) is 13.9. The number of aryl methyl sites for hydroxylation is 1. The molecule has 6 heteroatoms. The molecule has 0 unspecified atom stereocenters. The number of halogens is 1. The van der Waals surface area contributed by atoms with E-state index < -0.39 is 5.91 Å². The second-order valence-electron chi connectivity index (χ2n) is 5.73. The van der Waals surface area contributed by atoms with Crippen molar-refractivity contribution in [1.29, 1.82) is 5.26 Å². The Morgan fingerprint density at radius 1 is 1.42 bits per heavy atom. The molecular formula is C18H19ClN4O. The number of benzene rings is 1. The Balaban J connectivity index is 2.33. The fourth-order valence-corrected chi connectivity index (χ4v) is 2.51. The van der Waals surface area contributed by atoms with Crippen LogP contribution in [-0.2, 0) is 11.3 Å². The summed E-state index contributed by atoms with van der Waals surface area (Å²) in [5.74, 6) is -0.418. The Labute approximate surface area is 146 Å². The average Bonchev–Trinajstić information content (AvgIpc) is 2.79. The summed E-state index contributed by atoms with van der Waals surface area (Å²) < 4.78 is 1.66. The van der Waals surface area contributed by atoms with Crippen LogP contribution in [0.15, 0.2) is 35.9 Å². The largest absolute Gasteiger partial charge is 0.349 e. The van der Waals surface area contributed by atoms with Crippen LogP contribution in [0.2, 0.25) is 5.15 Å². The number of nitrogens with one attached hydrogen (secondary N) is 1. The van der Waals surface area contributed by atoms with Crippen LogP contribution in [0.5, 0.6) is 0 Å². The van der Waals surface area contributed by atoms with E-state index in [1.54, 1.807) is 11.6 Å².